The van der Waals surface area contributed by atoms with Gasteiger partial charge in [0.2, 0.25) is 0 Å². The average Bonchev–Trinajstić information content (AvgIpc) is 2.17. The van der Waals surface area contributed by atoms with Crippen LogP contribution in [0, 0.1) is 5.92 Å². The Balaban J connectivity index is 2.95. The second-order valence-electron chi connectivity index (χ2n) is 4.15. The molecule has 2 N–H and O–H groups in total. The fourth-order valence-electron chi connectivity index (χ4n) is 1.20. The molecule has 3 nitrogen and oxygen atoms in total. The van der Waals surface area contributed by atoms with Gasteiger partial charge in [0.1, 0.15) is 0 Å². The van der Waals surface area contributed by atoms with E-state index in [1.807, 2.05) is 13.8 Å². The van der Waals surface area contributed by atoms with E-state index in [0.717, 1.165) is 0 Å². The molecule has 1 aromatic rings. The van der Waals surface area contributed by atoms with E-state index in [0.29, 0.717) is 5.02 Å². The molecule has 0 saturated heterocycles. The van der Waals surface area contributed by atoms with Crippen molar-refractivity contribution in [3.8, 4) is 0 Å². The van der Waals surface area contributed by atoms with Crippen molar-refractivity contribution < 1.29 is 8.42 Å². The lowest BCUT2D eigenvalue weighted by molar-refractivity contribution is 0.516. The normalized spacial score (nSPS) is 14.1. The quantitative estimate of drug-likeness (QED) is 0.903. The van der Waals surface area contributed by atoms with Crippen LogP contribution in [0.3, 0.4) is 0 Å². The van der Waals surface area contributed by atoms with Crippen LogP contribution in [-0.2, 0) is 9.84 Å². The molecule has 1 aromatic carbocycles. The first-order chi connectivity index (χ1) is 7.33. The summed E-state index contributed by atoms with van der Waals surface area (Å²) in [6, 6.07) is 5.89. The highest BCUT2D eigenvalue weighted by Gasteiger charge is 2.20. The summed E-state index contributed by atoms with van der Waals surface area (Å²) in [5.74, 6) is 0.0827. The van der Waals surface area contributed by atoms with Gasteiger partial charge in [-0.2, -0.15) is 0 Å². The van der Waals surface area contributed by atoms with Crippen molar-refractivity contribution in [2.24, 2.45) is 11.7 Å². The molecule has 1 unspecified atom stereocenters. The van der Waals surface area contributed by atoms with Crippen LogP contribution in [0.2, 0.25) is 5.02 Å². The van der Waals surface area contributed by atoms with E-state index < -0.39 is 9.84 Å². The highest BCUT2D eigenvalue weighted by atomic mass is 35.5. The summed E-state index contributed by atoms with van der Waals surface area (Å²) in [5.41, 5.74) is 5.77. The zero-order valence-corrected chi connectivity index (χ0v) is 10.9. The van der Waals surface area contributed by atoms with E-state index in [-0.39, 0.29) is 22.6 Å². The van der Waals surface area contributed by atoms with Crippen LogP contribution in [0.25, 0.3) is 0 Å². The predicted octanol–water partition coefficient (Wildman–Crippen LogP) is 2.10. The molecule has 1 rings (SSSR count). The van der Waals surface area contributed by atoms with Crippen molar-refractivity contribution in [1.29, 1.82) is 0 Å². The molecule has 0 aliphatic carbocycles. The number of rotatable bonds is 4. The van der Waals surface area contributed by atoms with E-state index >= 15 is 0 Å². The van der Waals surface area contributed by atoms with Crippen LogP contribution >= 0.6 is 11.6 Å². The molecule has 1 atom stereocenters. The minimum Gasteiger partial charge on any atom is -0.327 e. The Morgan fingerprint density at radius 1 is 1.38 bits per heavy atom. The molecule has 0 spiro atoms. The molecular formula is C11H16ClNO2S. The summed E-state index contributed by atoms with van der Waals surface area (Å²) < 4.78 is 23.9. The molecule has 16 heavy (non-hydrogen) atoms. The van der Waals surface area contributed by atoms with Gasteiger partial charge in [0.15, 0.2) is 9.84 Å². The van der Waals surface area contributed by atoms with Gasteiger partial charge in [-0.15, -0.1) is 0 Å². The summed E-state index contributed by atoms with van der Waals surface area (Å²) in [6.45, 7) is 3.80. The molecular weight excluding hydrogens is 246 g/mol. The van der Waals surface area contributed by atoms with Gasteiger partial charge in [0, 0.05) is 11.1 Å². The van der Waals surface area contributed by atoms with Crippen molar-refractivity contribution in [3.05, 3.63) is 29.3 Å². The third-order valence-electron chi connectivity index (χ3n) is 2.42. The number of benzene rings is 1. The van der Waals surface area contributed by atoms with Gasteiger partial charge in [-0.3, -0.25) is 0 Å². The smallest absolute Gasteiger partial charge is 0.179 e. The molecule has 5 heteroatoms. The van der Waals surface area contributed by atoms with E-state index in [9.17, 15) is 8.42 Å². The lowest BCUT2D eigenvalue weighted by Gasteiger charge is -2.15. The van der Waals surface area contributed by atoms with Gasteiger partial charge >= 0.3 is 0 Å². The molecule has 90 valence electrons. The van der Waals surface area contributed by atoms with E-state index in [1.54, 1.807) is 12.1 Å². The van der Waals surface area contributed by atoms with Crippen LogP contribution in [0.5, 0.6) is 0 Å². The lowest BCUT2D eigenvalue weighted by Crippen LogP contribution is -2.34. The first-order valence-electron chi connectivity index (χ1n) is 5.07. The van der Waals surface area contributed by atoms with Gasteiger partial charge in [0.25, 0.3) is 0 Å². The van der Waals surface area contributed by atoms with Crippen molar-refractivity contribution in [3.63, 3.8) is 0 Å². The molecule has 0 radical (unpaired) electrons. The van der Waals surface area contributed by atoms with Gasteiger partial charge in [0.05, 0.1) is 10.6 Å². The van der Waals surface area contributed by atoms with Crippen molar-refractivity contribution >= 4 is 21.4 Å². The molecule has 0 saturated carbocycles. The monoisotopic (exact) mass is 261 g/mol. The van der Waals surface area contributed by atoms with Crippen molar-refractivity contribution in [2.45, 2.75) is 24.8 Å². The Morgan fingerprint density at radius 3 is 2.50 bits per heavy atom. The fourth-order valence-corrected chi connectivity index (χ4v) is 3.13. The third-order valence-corrected chi connectivity index (χ3v) is 4.45. The maximum Gasteiger partial charge on any atom is 0.179 e. The molecule has 0 aliphatic heterocycles. The average molecular weight is 262 g/mol. The Morgan fingerprint density at radius 2 is 2.00 bits per heavy atom. The minimum atomic E-state index is -3.34. The van der Waals surface area contributed by atoms with Crippen LogP contribution in [0.4, 0.5) is 0 Å². The van der Waals surface area contributed by atoms with Crippen LogP contribution in [0.15, 0.2) is 29.2 Å². The lowest BCUT2D eigenvalue weighted by atomic mass is 10.1. The first kappa shape index (κ1) is 13.5. The van der Waals surface area contributed by atoms with Crippen LogP contribution < -0.4 is 5.73 Å². The fraction of sp³-hybridized carbons (Fsp3) is 0.455. The van der Waals surface area contributed by atoms with Gasteiger partial charge in [-0.25, -0.2) is 8.42 Å². The molecule has 0 aromatic heterocycles. The predicted molar refractivity (Wildman–Crippen MR) is 66.3 cm³/mol. The Labute approximate surface area is 102 Å². The maximum atomic E-state index is 12.0. The summed E-state index contributed by atoms with van der Waals surface area (Å²) in [4.78, 5) is 0.233. The Hall–Kier alpha value is -0.580. The Bertz CT molecular complexity index is 457. The molecule has 0 amide bonds. The highest BCUT2D eigenvalue weighted by molar-refractivity contribution is 7.91. The number of nitrogens with two attached hydrogens (primary N) is 1. The molecule has 0 fully saturated rings. The topological polar surface area (TPSA) is 60.2 Å². The summed E-state index contributed by atoms with van der Waals surface area (Å²) >= 11 is 5.75. The van der Waals surface area contributed by atoms with Gasteiger partial charge in [-0.1, -0.05) is 31.5 Å². The third kappa shape index (κ3) is 3.47. The highest BCUT2D eigenvalue weighted by Crippen LogP contribution is 2.18. The largest absolute Gasteiger partial charge is 0.327 e. The zero-order chi connectivity index (χ0) is 12.3. The molecule has 0 bridgehead atoms. The Kier molecular flexibility index (Phi) is 4.35. The maximum absolute atomic E-state index is 12.0. The summed E-state index contributed by atoms with van der Waals surface area (Å²) in [6.07, 6.45) is 0. The van der Waals surface area contributed by atoms with Crippen molar-refractivity contribution in [1.82, 2.24) is 0 Å². The number of hydrogen-bond acceptors (Lipinski definition) is 3. The first-order valence-corrected chi connectivity index (χ1v) is 7.10. The zero-order valence-electron chi connectivity index (χ0n) is 9.35. The number of halogens is 1. The van der Waals surface area contributed by atoms with E-state index in [4.69, 9.17) is 17.3 Å². The number of sulfone groups is 1. The van der Waals surface area contributed by atoms with Crippen LogP contribution in [0.1, 0.15) is 13.8 Å². The molecule has 0 heterocycles. The second kappa shape index (κ2) is 5.17. The minimum absolute atomic E-state index is 0.0506. The summed E-state index contributed by atoms with van der Waals surface area (Å²) in [5, 5.41) is 0.416. The second-order valence-corrected chi connectivity index (χ2v) is 6.62. The van der Waals surface area contributed by atoms with Crippen molar-refractivity contribution in [2.75, 3.05) is 5.75 Å². The standard InChI is InChI=1S/C11H16ClNO2S/c1-8(2)11(13)7-16(14,15)10-5-3-4-9(12)6-10/h3-6,8,11H,7,13H2,1-2H3. The number of hydrogen-bond donors (Lipinski definition) is 1. The molecule has 0 aliphatic rings. The summed E-state index contributed by atoms with van der Waals surface area (Å²) in [7, 11) is -3.34. The van der Waals surface area contributed by atoms with E-state index in [2.05, 4.69) is 0 Å². The van der Waals surface area contributed by atoms with E-state index in [1.165, 1.54) is 12.1 Å². The SMILES string of the molecule is CC(C)C(N)CS(=O)(=O)c1cccc(Cl)c1. The van der Waals surface area contributed by atoms with Crippen LogP contribution in [-0.4, -0.2) is 20.2 Å². The van der Waals surface area contributed by atoms with Gasteiger partial charge in [-0.05, 0) is 24.1 Å². The van der Waals surface area contributed by atoms with Gasteiger partial charge < -0.3 is 5.73 Å².